The highest BCUT2D eigenvalue weighted by Crippen LogP contribution is 2.38. The molecule has 5 nitrogen and oxygen atoms in total. The number of rotatable bonds is 7. The number of benzene rings is 1. The zero-order valence-electron chi connectivity index (χ0n) is 16.6. The lowest BCUT2D eigenvalue weighted by molar-refractivity contribution is -0.137. The average Bonchev–Trinajstić information content (AvgIpc) is 3.39. The highest BCUT2D eigenvalue weighted by atomic mass is 19.4. The fraction of sp³-hybridized carbons (Fsp3) is 0.429. The minimum absolute atomic E-state index is 0.00327. The molecule has 1 fully saturated rings. The molecule has 0 spiro atoms. The van der Waals surface area contributed by atoms with E-state index in [0.29, 0.717) is 11.6 Å². The van der Waals surface area contributed by atoms with Crippen molar-refractivity contribution in [2.24, 2.45) is 0 Å². The lowest BCUT2D eigenvalue weighted by Gasteiger charge is -2.17. The molecule has 1 heterocycles. The number of anilines is 1. The summed E-state index contributed by atoms with van der Waals surface area (Å²) in [6.07, 6.45) is -2.33. The number of para-hydroxylation sites is 1. The summed E-state index contributed by atoms with van der Waals surface area (Å²) in [5.74, 6) is -0.726. The molecule has 0 radical (unpaired) electrons. The molecular formula is C21H24F3N3O2. The van der Waals surface area contributed by atoms with Gasteiger partial charge in [0.2, 0.25) is 5.91 Å². The third-order valence-corrected chi connectivity index (χ3v) is 5.03. The molecule has 0 atom stereocenters. The van der Waals surface area contributed by atoms with Gasteiger partial charge in [-0.05, 0) is 51.9 Å². The topological polar surface area (TPSA) is 54.3 Å². The number of nitrogens with zero attached hydrogens (tertiary/aromatic N) is 2. The van der Waals surface area contributed by atoms with Gasteiger partial charge in [0.1, 0.15) is 0 Å². The van der Waals surface area contributed by atoms with Gasteiger partial charge in [0.05, 0.1) is 24.3 Å². The van der Waals surface area contributed by atoms with E-state index >= 15 is 0 Å². The third kappa shape index (κ3) is 4.87. The van der Waals surface area contributed by atoms with Crippen LogP contribution in [0.3, 0.4) is 0 Å². The number of aryl methyl sites for hydroxylation is 1. The first kappa shape index (κ1) is 21.1. The van der Waals surface area contributed by atoms with Crippen LogP contribution in [0.4, 0.5) is 18.9 Å². The van der Waals surface area contributed by atoms with Crippen molar-refractivity contribution in [1.82, 2.24) is 9.47 Å². The maximum Gasteiger partial charge on any atom is 0.418 e. The lowest BCUT2D eigenvalue weighted by Crippen LogP contribution is -2.34. The number of likely N-dealkylation sites (N-methyl/N-ethyl adjacent to an activating group) is 1. The first-order chi connectivity index (χ1) is 13.6. The highest BCUT2D eigenvalue weighted by Gasteiger charge is 2.33. The molecule has 0 bridgehead atoms. The van der Waals surface area contributed by atoms with E-state index in [-0.39, 0.29) is 24.6 Å². The fourth-order valence-electron chi connectivity index (χ4n) is 3.61. The predicted octanol–water partition coefficient (Wildman–Crippen LogP) is 4.21. The van der Waals surface area contributed by atoms with Gasteiger partial charge >= 0.3 is 6.18 Å². The Bertz CT molecular complexity index is 930. The van der Waals surface area contributed by atoms with E-state index in [9.17, 15) is 22.8 Å². The van der Waals surface area contributed by atoms with E-state index in [1.165, 1.54) is 23.1 Å². The quantitative estimate of drug-likeness (QED) is 0.700. The van der Waals surface area contributed by atoms with E-state index in [0.717, 1.165) is 30.3 Å². The maximum absolute atomic E-state index is 13.0. The number of nitrogens with one attached hydrogen (secondary N) is 1. The van der Waals surface area contributed by atoms with Gasteiger partial charge in [0, 0.05) is 23.0 Å². The Kier molecular flexibility index (Phi) is 5.84. The van der Waals surface area contributed by atoms with Crippen molar-refractivity contribution in [2.45, 2.75) is 38.9 Å². The number of carbonyl (C=O) groups excluding carboxylic acids is 2. The summed E-state index contributed by atoms with van der Waals surface area (Å²) in [5.41, 5.74) is 1.39. The first-order valence-electron chi connectivity index (χ1n) is 9.44. The van der Waals surface area contributed by atoms with Gasteiger partial charge in [-0.1, -0.05) is 12.1 Å². The molecular weight excluding hydrogens is 383 g/mol. The van der Waals surface area contributed by atoms with Crippen molar-refractivity contribution in [1.29, 1.82) is 0 Å². The summed E-state index contributed by atoms with van der Waals surface area (Å²) in [7, 11) is 1.59. The van der Waals surface area contributed by atoms with Crippen LogP contribution in [0, 0.1) is 13.8 Å². The van der Waals surface area contributed by atoms with Gasteiger partial charge in [0.15, 0.2) is 5.78 Å². The van der Waals surface area contributed by atoms with Crippen molar-refractivity contribution < 1.29 is 22.8 Å². The molecule has 2 aromatic rings. The summed E-state index contributed by atoms with van der Waals surface area (Å²) in [4.78, 5) is 26.4. The molecule has 1 aliphatic carbocycles. The smallest absolute Gasteiger partial charge is 0.345 e. The van der Waals surface area contributed by atoms with E-state index < -0.39 is 17.6 Å². The van der Waals surface area contributed by atoms with Crippen molar-refractivity contribution in [3.8, 4) is 0 Å². The molecule has 1 aromatic carbocycles. The fourth-order valence-corrected chi connectivity index (χ4v) is 3.61. The van der Waals surface area contributed by atoms with Gasteiger partial charge in [0.25, 0.3) is 0 Å². The number of ketones is 1. The number of amides is 1. The molecule has 1 aromatic heterocycles. The molecule has 0 aliphatic heterocycles. The van der Waals surface area contributed by atoms with Gasteiger partial charge in [-0.3, -0.25) is 14.5 Å². The van der Waals surface area contributed by atoms with Crippen molar-refractivity contribution in [3.05, 3.63) is 52.8 Å². The standard InChI is InChI=1S/C21H24F3N3O2/c1-13-10-16(14(2)27(13)15-8-9-15)19(28)11-26(3)12-20(29)25-18-7-5-4-6-17(18)21(22,23)24/h4-7,10,15H,8-9,11-12H2,1-3H3,(H,25,29). The van der Waals surface area contributed by atoms with E-state index in [4.69, 9.17) is 0 Å². The monoisotopic (exact) mass is 407 g/mol. The normalized spacial score (nSPS) is 14.3. The van der Waals surface area contributed by atoms with Crippen LogP contribution in [0.5, 0.6) is 0 Å². The lowest BCUT2D eigenvalue weighted by atomic mass is 10.1. The second kappa shape index (κ2) is 8.02. The summed E-state index contributed by atoms with van der Waals surface area (Å²) in [6.45, 7) is 3.69. The van der Waals surface area contributed by atoms with Crippen LogP contribution in [0.15, 0.2) is 30.3 Å². The Morgan fingerprint density at radius 1 is 1.17 bits per heavy atom. The molecule has 29 heavy (non-hydrogen) atoms. The number of carbonyl (C=O) groups is 2. The number of Topliss-reactive ketones (excluding diaryl/α,β-unsaturated/α-hetero) is 1. The van der Waals surface area contributed by atoms with Crippen molar-refractivity contribution in [3.63, 3.8) is 0 Å². The Morgan fingerprint density at radius 2 is 1.83 bits per heavy atom. The summed E-state index contributed by atoms with van der Waals surface area (Å²) in [6, 6.07) is 7.14. The molecule has 1 amide bonds. The van der Waals surface area contributed by atoms with Crippen LogP contribution >= 0.6 is 0 Å². The van der Waals surface area contributed by atoms with Crippen LogP contribution in [0.2, 0.25) is 0 Å². The SMILES string of the molecule is Cc1cc(C(=O)CN(C)CC(=O)Nc2ccccc2C(F)(F)F)c(C)n1C1CC1. The zero-order valence-corrected chi connectivity index (χ0v) is 16.6. The first-order valence-corrected chi connectivity index (χ1v) is 9.44. The second-order valence-corrected chi connectivity index (χ2v) is 7.57. The molecule has 3 rings (SSSR count). The molecule has 156 valence electrons. The number of alkyl halides is 3. The predicted molar refractivity (Wildman–Crippen MR) is 104 cm³/mol. The second-order valence-electron chi connectivity index (χ2n) is 7.57. The van der Waals surface area contributed by atoms with E-state index in [1.54, 1.807) is 7.05 Å². The largest absolute Gasteiger partial charge is 0.418 e. The summed E-state index contributed by atoms with van der Waals surface area (Å²) < 4.78 is 41.3. The van der Waals surface area contributed by atoms with Gasteiger partial charge in [-0.15, -0.1) is 0 Å². The average molecular weight is 407 g/mol. The maximum atomic E-state index is 13.0. The minimum atomic E-state index is -4.56. The van der Waals surface area contributed by atoms with Crippen molar-refractivity contribution in [2.75, 3.05) is 25.5 Å². The number of halogens is 3. The Hall–Kier alpha value is -2.61. The van der Waals surface area contributed by atoms with Crippen LogP contribution in [0.1, 0.15) is 46.2 Å². The highest BCUT2D eigenvalue weighted by molar-refractivity contribution is 5.99. The Morgan fingerprint density at radius 3 is 2.45 bits per heavy atom. The van der Waals surface area contributed by atoms with Crippen molar-refractivity contribution >= 4 is 17.4 Å². The summed E-state index contributed by atoms with van der Waals surface area (Å²) in [5, 5.41) is 2.29. The molecule has 1 N–H and O–H groups in total. The third-order valence-electron chi connectivity index (χ3n) is 5.03. The van der Waals surface area contributed by atoms with Gasteiger partial charge in [-0.25, -0.2) is 0 Å². The number of hydrogen-bond donors (Lipinski definition) is 1. The van der Waals surface area contributed by atoms with E-state index in [1.807, 2.05) is 19.9 Å². The van der Waals surface area contributed by atoms with Gasteiger partial charge in [-0.2, -0.15) is 13.2 Å². The van der Waals surface area contributed by atoms with E-state index in [2.05, 4.69) is 9.88 Å². The van der Waals surface area contributed by atoms with Gasteiger partial charge < -0.3 is 9.88 Å². The van der Waals surface area contributed by atoms with Crippen LogP contribution in [-0.2, 0) is 11.0 Å². The Balaban J connectivity index is 1.61. The van der Waals surface area contributed by atoms with Crippen LogP contribution in [0.25, 0.3) is 0 Å². The molecule has 1 aliphatic rings. The number of aromatic nitrogens is 1. The summed E-state index contributed by atoms with van der Waals surface area (Å²) >= 11 is 0. The van der Waals surface area contributed by atoms with Crippen LogP contribution < -0.4 is 5.32 Å². The minimum Gasteiger partial charge on any atom is -0.345 e. The molecule has 0 unspecified atom stereocenters. The van der Waals surface area contributed by atoms with Crippen LogP contribution in [-0.4, -0.2) is 41.3 Å². The molecule has 0 saturated heterocycles. The number of hydrogen-bond acceptors (Lipinski definition) is 3. The Labute approximate surface area is 167 Å². The zero-order chi connectivity index (χ0) is 21.3. The molecule has 1 saturated carbocycles. The molecule has 8 heteroatoms.